The lowest BCUT2D eigenvalue weighted by molar-refractivity contribution is 0.318. The van der Waals surface area contributed by atoms with Gasteiger partial charge in [-0.05, 0) is 42.8 Å². The van der Waals surface area contributed by atoms with Gasteiger partial charge in [0.25, 0.3) is 0 Å². The summed E-state index contributed by atoms with van der Waals surface area (Å²) in [6.07, 6.45) is 0.797. The summed E-state index contributed by atoms with van der Waals surface area (Å²) in [6, 6.07) is 11.1. The maximum Gasteiger partial charge on any atom is 0.140 e. The Morgan fingerprint density at radius 3 is 2.73 bits per heavy atom. The van der Waals surface area contributed by atoms with E-state index < -0.39 is 0 Å². The number of ether oxygens (including phenoxy) is 1. The highest BCUT2D eigenvalue weighted by Gasteiger charge is 2.10. The number of imidazole rings is 1. The van der Waals surface area contributed by atoms with Gasteiger partial charge >= 0.3 is 0 Å². The number of H-pyrrole nitrogens is 1. The molecule has 3 aromatic rings. The second kappa shape index (κ2) is 6.78. The number of aromatic amines is 1. The summed E-state index contributed by atoms with van der Waals surface area (Å²) >= 11 is 18.0. The molecule has 0 saturated heterocycles. The molecule has 0 aliphatic carbocycles. The van der Waals surface area contributed by atoms with E-state index >= 15 is 0 Å². The van der Waals surface area contributed by atoms with E-state index in [2.05, 4.69) is 9.97 Å². The molecule has 0 unspecified atom stereocenters. The van der Waals surface area contributed by atoms with Crippen LogP contribution in [0.2, 0.25) is 10.0 Å². The minimum Gasteiger partial charge on any atom is -0.494 e. The van der Waals surface area contributed by atoms with Crippen LogP contribution in [0.15, 0.2) is 36.4 Å². The second-order valence-corrected chi connectivity index (χ2v) is 6.00. The number of halogens is 3. The average Bonchev–Trinajstić information content (AvgIpc) is 2.90. The van der Waals surface area contributed by atoms with Gasteiger partial charge in [-0.25, -0.2) is 4.98 Å². The maximum absolute atomic E-state index is 6.34. The van der Waals surface area contributed by atoms with Gasteiger partial charge in [0.05, 0.1) is 22.7 Å². The number of benzene rings is 2. The monoisotopic (exact) mass is 354 g/mol. The van der Waals surface area contributed by atoms with Crippen molar-refractivity contribution in [2.45, 2.75) is 6.42 Å². The molecular formula is C16H13Cl3N2O. The largest absolute Gasteiger partial charge is 0.494 e. The minimum atomic E-state index is 0.572. The summed E-state index contributed by atoms with van der Waals surface area (Å²) < 4.78 is 5.58. The van der Waals surface area contributed by atoms with Crippen molar-refractivity contribution >= 4 is 45.8 Å². The molecule has 0 amide bonds. The first-order chi connectivity index (χ1) is 10.7. The van der Waals surface area contributed by atoms with Crippen LogP contribution in [0, 0.1) is 0 Å². The first-order valence-electron chi connectivity index (χ1n) is 6.81. The van der Waals surface area contributed by atoms with Crippen LogP contribution in [0.4, 0.5) is 0 Å². The Hall–Kier alpha value is -1.42. The summed E-state index contributed by atoms with van der Waals surface area (Å²) in [5, 5.41) is 1.24. The third kappa shape index (κ3) is 3.32. The Morgan fingerprint density at radius 1 is 1.09 bits per heavy atom. The van der Waals surface area contributed by atoms with Crippen molar-refractivity contribution in [3.63, 3.8) is 0 Å². The van der Waals surface area contributed by atoms with Gasteiger partial charge in [-0.3, -0.25) is 0 Å². The molecule has 3 rings (SSSR count). The lowest BCUT2D eigenvalue weighted by Crippen LogP contribution is -1.97. The fourth-order valence-corrected chi connectivity index (χ4v) is 2.67. The number of hydrogen-bond acceptors (Lipinski definition) is 2. The average molecular weight is 356 g/mol. The first kappa shape index (κ1) is 15.5. The van der Waals surface area contributed by atoms with Crippen molar-refractivity contribution in [1.82, 2.24) is 9.97 Å². The topological polar surface area (TPSA) is 37.9 Å². The fraction of sp³-hybridized carbons (Fsp3) is 0.188. The van der Waals surface area contributed by atoms with Gasteiger partial charge in [0, 0.05) is 16.5 Å². The summed E-state index contributed by atoms with van der Waals surface area (Å²) in [5.41, 5.74) is 2.54. The normalized spacial score (nSPS) is 11.0. The van der Waals surface area contributed by atoms with E-state index in [4.69, 9.17) is 39.5 Å². The van der Waals surface area contributed by atoms with E-state index in [1.54, 1.807) is 6.07 Å². The van der Waals surface area contributed by atoms with Gasteiger partial charge in [0.2, 0.25) is 0 Å². The number of hydrogen-bond donors (Lipinski definition) is 1. The molecule has 6 heteroatoms. The van der Waals surface area contributed by atoms with Crippen LogP contribution in [-0.2, 0) is 0 Å². The first-order valence-corrected chi connectivity index (χ1v) is 8.10. The predicted octanol–water partition coefficient (Wildman–Crippen LogP) is 5.54. The molecule has 114 valence electrons. The number of alkyl halides is 1. The molecule has 0 radical (unpaired) electrons. The summed E-state index contributed by atoms with van der Waals surface area (Å²) in [6.45, 7) is 0.572. The zero-order valence-corrected chi connectivity index (χ0v) is 13.8. The lowest BCUT2D eigenvalue weighted by atomic mass is 10.2. The molecule has 0 fully saturated rings. The smallest absolute Gasteiger partial charge is 0.140 e. The second-order valence-electron chi connectivity index (χ2n) is 4.78. The van der Waals surface area contributed by atoms with Crippen LogP contribution in [0.5, 0.6) is 5.75 Å². The molecule has 0 atom stereocenters. The molecule has 1 heterocycles. The van der Waals surface area contributed by atoms with E-state index in [1.807, 2.05) is 30.3 Å². The van der Waals surface area contributed by atoms with Crippen LogP contribution in [-0.4, -0.2) is 22.5 Å². The predicted molar refractivity (Wildman–Crippen MR) is 92.4 cm³/mol. The summed E-state index contributed by atoms with van der Waals surface area (Å²) in [7, 11) is 0. The number of fused-ring (bicyclic) bond motifs is 1. The molecule has 0 saturated carbocycles. The van der Waals surface area contributed by atoms with Gasteiger partial charge in [0.15, 0.2) is 0 Å². The molecule has 1 aromatic heterocycles. The third-order valence-electron chi connectivity index (χ3n) is 3.19. The van der Waals surface area contributed by atoms with E-state index in [1.165, 1.54) is 0 Å². The highest BCUT2D eigenvalue weighted by atomic mass is 35.5. The van der Waals surface area contributed by atoms with Crippen molar-refractivity contribution in [3.05, 3.63) is 46.4 Å². The Balaban J connectivity index is 1.89. The highest BCUT2D eigenvalue weighted by Crippen LogP contribution is 2.31. The van der Waals surface area contributed by atoms with E-state index in [0.717, 1.165) is 28.8 Å². The standard InChI is InChI=1S/C16H13Cl3N2O/c17-6-1-7-22-11-3-4-12(13(19)9-11)16-20-14-5-2-10(18)8-15(14)21-16/h2-5,8-9H,1,6-7H2,(H,20,21). The van der Waals surface area contributed by atoms with Crippen molar-refractivity contribution in [2.75, 3.05) is 12.5 Å². The number of nitrogens with one attached hydrogen (secondary N) is 1. The molecule has 3 nitrogen and oxygen atoms in total. The third-order valence-corrected chi connectivity index (χ3v) is 4.00. The van der Waals surface area contributed by atoms with Gasteiger partial charge in [0.1, 0.15) is 11.6 Å². The van der Waals surface area contributed by atoms with E-state index in [0.29, 0.717) is 28.4 Å². The van der Waals surface area contributed by atoms with Gasteiger partial charge in [-0.2, -0.15) is 0 Å². The Labute approximate surface area is 143 Å². The summed E-state index contributed by atoms with van der Waals surface area (Å²) in [4.78, 5) is 7.76. The van der Waals surface area contributed by atoms with Crippen molar-refractivity contribution < 1.29 is 4.74 Å². The van der Waals surface area contributed by atoms with Gasteiger partial charge in [-0.1, -0.05) is 23.2 Å². The molecule has 0 aliphatic heterocycles. The van der Waals surface area contributed by atoms with Gasteiger partial charge in [-0.15, -0.1) is 11.6 Å². The van der Waals surface area contributed by atoms with Crippen molar-refractivity contribution in [2.24, 2.45) is 0 Å². The lowest BCUT2D eigenvalue weighted by Gasteiger charge is -2.07. The van der Waals surface area contributed by atoms with Crippen molar-refractivity contribution in [3.8, 4) is 17.1 Å². The zero-order valence-electron chi connectivity index (χ0n) is 11.6. The van der Waals surface area contributed by atoms with Crippen LogP contribution >= 0.6 is 34.8 Å². The van der Waals surface area contributed by atoms with Gasteiger partial charge < -0.3 is 9.72 Å². The molecule has 0 aliphatic rings. The Bertz CT molecular complexity index is 801. The highest BCUT2D eigenvalue weighted by molar-refractivity contribution is 6.33. The molecule has 0 spiro atoms. The molecular weight excluding hydrogens is 343 g/mol. The number of rotatable bonds is 5. The zero-order chi connectivity index (χ0) is 15.5. The molecule has 0 bridgehead atoms. The van der Waals surface area contributed by atoms with Crippen molar-refractivity contribution in [1.29, 1.82) is 0 Å². The maximum atomic E-state index is 6.34. The van der Waals surface area contributed by atoms with Crippen LogP contribution in [0.1, 0.15) is 6.42 Å². The van der Waals surface area contributed by atoms with Crippen LogP contribution in [0.3, 0.4) is 0 Å². The van der Waals surface area contributed by atoms with Crippen LogP contribution in [0.25, 0.3) is 22.4 Å². The van der Waals surface area contributed by atoms with E-state index in [9.17, 15) is 0 Å². The molecule has 1 N–H and O–H groups in total. The summed E-state index contributed by atoms with van der Waals surface area (Å²) in [5.74, 6) is 2.00. The number of nitrogens with zero attached hydrogens (tertiary/aromatic N) is 1. The fourth-order valence-electron chi connectivity index (χ4n) is 2.13. The number of aromatic nitrogens is 2. The van der Waals surface area contributed by atoms with Crippen LogP contribution < -0.4 is 4.74 Å². The Morgan fingerprint density at radius 2 is 1.95 bits per heavy atom. The molecule has 22 heavy (non-hydrogen) atoms. The van der Waals surface area contributed by atoms with E-state index in [-0.39, 0.29) is 0 Å². The Kier molecular flexibility index (Phi) is 4.77. The molecule has 2 aromatic carbocycles. The SMILES string of the molecule is ClCCCOc1ccc(-c2nc3ccc(Cl)cc3[nH]2)c(Cl)c1. The quantitative estimate of drug-likeness (QED) is 0.481. The minimum absolute atomic E-state index is 0.572.